The van der Waals surface area contributed by atoms with Gasteiger partial charge in [0, 0.05) is 26.2 Å². The second-order valence-electron chi connectivity index (χ2n) is 4.54. The number of ether oxygens (including phenoxy) is 1. The van der Waals surface area contributed by atoms with Crippen LogP contribution in [0.25, 0.3) is 0 Å². The van der Waals surface area contributed by atoms with Crippen molar-refractivity contribution in [2.75, 3.05) is 19.7 Å². The van der Waals surface area contributed by atoms with Crippen LogP contribution in [0.15, 0.2) is 24.3 Å². The number of rotatable bonds is 2. The molecule has 0 aromatic heterocycles. The number of hydrogen-bond donors (Lipinski definition) is 0. The van der Waals surface area contributed by atoms with E-state index in [2.05, 4.69) is 17.9 Å². The summed E-state index contributed by atoms with van der Waals surface area (Å²) in [7, 11) is 0. The summed E-state index contributed by atoms with van der Waals surface area (Å²) in [5, 5.41) is 9.06. The lowest BCUT2D eigenvalue weighted by Crippen LogP contribution is -2.30. The fourth-order valence-corrected chi connectivity index (χ4v) is 2.23. The van der Waals surface area contributed by atoms with Gasteiger partial charge in [-0.25, -0.2) is 0 Å². The highest BCUT2D eigenvalue weighted by molar-refractivity contribution is 5.37. The van der Waals surface area contributed by atoms with Crippen molar-refractivity contribution in [2.45, 2.75) is 26.0 Å². The fraction of sp³-hybridized carbons (Fsp3) is 0.500. The van der Waals surface area contributed by atoms with Gasteiger partial charge < -0.3 is 4.74 Å². The van der Waals surface area contributed by atoms with E-state index < -0.39 is 0 Å². The summed E-state index contributed by atoms with van der Waals surface area (Å²) >= 11 is 0. The molecule has 1 saturated heterocycles. The highest BCUT2D eigenvalue weighted by Crippen LogP contribution is 2.13. The average Bonchev–Trinajstić information content (AvgIpc) is 2.54. The van der Waals surface area contributed by atoms with E-state index in [0.717, 1.165) is 43.8 Å². The van der Waals surface area contributed by atoms with Gasteiger partial charge in [0.25, 0.3) is 0 Å². The smallest absolute Gasteiger partial charge is 0.0995 e. The second-order valence-corrected chi connectivity index (χ2v) is 4.54. The maximum Gasteiger partial charge on any atom is 0.0995 e. The summed E-state index contributed by atoms with van der Waals surface area (Å²) < 4.78 is 5.62. The van der Waals surface area contributed by atoms with Gasteiger partial charge in [-0.05, 0) is 25.0 Å². The van der Waals surface area contributed by atoms with E-state index in [-0.39, 0.29) is 6.10 Å². The van der Waals surface area contributed by atoms with Crippen LogP contribution >= 0.6 is 0 Å². The molecule has 1 aliphatic heterocycles. The maximum absolute atomic E-state index is 9.06. The first-order chi connectivity index (χ1) is 8.29. The van der Waals surface area contributed by atoms with Gasteiger partial charge in [-0.2, -0.15) is 5.26 Å². The topological polar surface area (TPSA) is 36.3 Å². The molecule has 0 bridgehead atoms. The highest BCUT2D eigenvalue weighted by atomic mass is 16.5. The molecule has 2 rings (SSSR count). The van der Waals surface area contributed by atoms with Crippen molar-refractivity contribution in [3.8, 4) is 6.07 Å². The van der Waals surface area contributed by atoms with Gasteiger partial charge in [0.15, 0.2) is 0 Å². The number of hydrogen-bond acceptors (Lipinski definition) is 3. The Balaban J connectivity index is 2.06. The van der Waals surface area contributed by atoms with Crippen molar-refractivity contribution in [3.63, 3.8) is 0 Å². The van der Waals surface area contributed by atoms with Crippen LogP contribution in [-0.4, -0.2) is 30.7 Å². The van der Waals surface area contributed by atoms with E-state index >= 15 is 0 Å². The summed E-state index contributed by atoms with van der Waals surface area (Å²) in [5.74, 6) is 0. The van der Waals surface area contributed by atoms with Crippen LogP contribution in [0.1, 0.15) is 24.5 Å². The lowest BCUT2D eigenvalue weighted by molar-refractivity contribution is 0.0668. The average molecular weight is 230 g/mol. The summed E-state index contributed by atoms with van der Waals surface area (Å²) in [6.45, 7) is 5.79. The van der Waals surface area contributed by atoms with Crippen molar-refractivity contribution in [2.24, 2.45) is 0 Å². The van der Waals surface area contributed by atoms with Gasteiger partial charge in [-0.1, -0.05) is 18.2 Å². The van der Waals surface area contributed by atoms with Crippen LogP contribution < -0.4 is 0 Å². The molecule has 1 aromatic carbocycles. The molecule has 0 spiro atoms. The van der Waals surface area contributed by atoms with Crippen LogP contribution in [0.4, 0.5) is 0 Å². The molecular weight excluding hydrogens is 212 g/mol. The minimum Gasteiger partial charge on any atom is -0.377 e. The molecule has 1 aliphatic rings. The third-order valence-corrected chi connectivity index (χ3v) is 3.07. The maximum atomic E-state index is 9.06. The third-order valence-electron chi connectivity index (χ3n) is 3.07. The number of nitriles is 1. The van der Waals surface area contributed by atoms with Crippen LogP contribution in [0.5, 0.6) is 0 Å². The zero-order valence-corrected chi connectivity index (χ0v) is 10.2. The summed E-state index contributed by atoms with van der Waals surface area (Å²) in [6.07, 6.45) is 1.35. The quantitative estimate of drug-likeness (QED) is 0.781. The van der Waals surface area contributed by atoms with Gasteiger partial charge in [-0.3, -0.25) is 4.90 Å². The lowest BCUT2D eigenvalue weighted by atomic mass is 10.1. The van der Waals surface area contributed by atoms with Crippen molar-refractivity contribution in [1.82, 2.24) is 4.90 Å². The first-order valence-electron chi connectivity index (χ1n) is 6.11. The molecule has 0 aliphatic carbocycles. The zero-order valence-electron chi connectivity index (χ0n) is 10.2. The minimum atomic E-state index is 0.284. The number of benzene rings is 1. The molecule has 1 atom stereocenters. The van der Waals surface area contributed by atoms with Crippen LogP contribution in [-0.2, 0) is 11.3 Å². The molecule has 90 valence electrons. The van der Waals surface area contributed by atoms with Crippen molar-refractivity contribution in [3.05, 3.63) is 35.4 Å². The van der Waals surface area contributed by atoms with Gasteiger partial charge in [0.05, 0.1) is 17.7 Å². The Morgan fingerprint density at radius 1 is 1.47 bits per heavy atom. The molecule has 1 aromatic rings. The Kier molecular flexibility index (Phi) is 4.13. The Morgan fingerprint density at radius 2 is 2.29 bits per heavy atom. The lowest BCUT2D eigenvalue weighted by Gasteiger charge is -2.22. The van der Waals surface area contributed by atoms with E-state index in [4.69, 9.17) is 10.00 Å². The standard InChI is InChI=1S/C14H18N2O/c1-12-10-16(7-4-8-17-12)11-14-6-3-2-5-13(14)9-15/h2-3,5-6,12H,4,7-8,10-11H2,1H3. The summed E-state index contributed by atoms with van der Waals surface area (Å²) in [6, 6.07) is 10.1. The summed E-state index contributed by atoms with van der Waals surface area (Å²) in [4.78, 5) is 2.37. The van der Waals surface area contributed by atoms with Crippen molar-refractivity contribution in [1.29, 1.82) is 5.26 Å². The van der Waals surface area contributed by atoms with Crippen LogP contribution in [0, 0.1) is 11.3 Å². The van der Waals surface area contributed by atoms with Crippen LogP contribution in [0.3, 0.4) is 0 Å². The Hall–Kier alpha value is -1.37. The first kappa shape index (κ1) is 12.1. The Morgan fingerprint density at radius 3 is 3.12 bits per heavy atom. The summed E-state index contributed by atoms with van der Waals surface area (Å²) in [5.41, 5.74) is 1.90. The van der Waals surface area contributed by atoms with E-state index in [1.54, 1.807) is 0 Å². The molecule has 0 amide bonds. The molecule has 0 radical (unpaired) electrons. The largest absolute Gasteiger partial charge is 0.377 e. The second kappa shape index (κ2) is 5.81. The molecule has 0 N–H and O–H groups in total. The molecule has 1 fully saturated rings. The molecular formula is C14H18N2O. The molecule has 3 nitrogen and oxygen atoms in total. The third kappa shape index (κ3) is 3.29. The van der Waals surface area contributed by atoms with Crippen LogP contribution in [0.2, 0.25) is 0 Å². The molecule has 1 unspecified atom stereocenters. The van der Waals surface area contributed by atoms with E-state index in [9.17, 15) is 0 Å². The fourth-order valence-electron chi connectivity index (χ4n) is 2.23. The van der Waals surface area contributed by atoms with E-state index in [1.165, 1.54) is 0 Å². The molecule has 1 heterocycles. The zero-order chi connectivity index (χ0) is 12.1. The monoisotopic (exact) mass is 230 g/mol. The highest BCUT2D eigenvalue weighted by Gasteiger charge is 2.15. The normalized spacial score (nSPS) is 21.8. The number of nitrogens with zero attached hydrogens (tertiary/aromatic N) is 2. The van der Waals surface area contributed by atoms with Gasteiger partial charge in [0.2, 0.25) is 0 Å². The molecule has 3 heteroatoms. The van der Waals surface area contributed by atoms with E-state index in [0.29, 0.717) is 0 Å². The van der Waals surface area contributed by atoms with Gasteiger partial charge >= 0.3 is 0 Å². The van der Waals surface area contributed by atoms with Crippen molar-refractivity contribution >= 4 is 0 Å². The van der Waals surface area contributed by atoms with Gasteiger partial charge in [0.1, 0.15) is 0 Å². The molecule has 17 heavy (non-hydrogen) atoms. The Labute approximate surface area is 103 Å². The first-order valence-corrected chi connectivity index (χ1v) is 6.11. The van der Waals surface area contributed by atoms with Gasteiger partial charge in [-0.15, -0.1) is 0 Å². The SMILES string of the molecule is CC1CN(Cc2ccccc2C#N)CCCO1. The Bertz CT molecular complexity index is 411. The van der Waals surface area contributed by atoms with Crippen molar-refractivity contribution < 1.29 is 4.74 Å². The predicted molar refractivity (Wildman–Crippen MR) is 66.5 cm³/mol. The predicted octanol–water partition coefficient (Wildman–Crippen LogP) is 2.17. The van der Waals surface area contributed by atoms with E-state index in [1.807, 2.05) is 24.3 Å². The minimum absolute atomic E-state index is 0.284. The molecule has 0 saturated carbocycles.